The highest BCUT2D eigenvalue weighted by molar-refractivity contribution is 5.71. The third kappa shape index (κ3) is 7.37. The van der Waals surface area contributed by atoms with Gasteiger partial charge in [0.05, 0.1) is 13.2 Å². The van der Waals surface area contributed by atoms with Gasteiger partial charge >= 0.3 is 5.97 Å². The summed E-state index contributed by atoms with van der Waals surface area (Å²) in [5.41, 5.74) is 0. The van der Waals surface area contributed by atoms with Crippen molar-refractivity contribution < 1.29 is 9.53 Å². The van der Waals surface area contributed by atoms with Crippen molar-refractivity contribution in [2.75, 3.05) is 19.7 Å². The predicted molar refractivity (Wildman–Crippen MR) is 62.9 cm³/mol. The van der Waals surface area contributed by atoms with E-state index < -0.39 is 0 Å². The van der Waals surface area contributed by atoms with Gasteiger partial charge in [-0.2, -0.15) is 0 Å². The molecule has 0 rings (SSSR count). The molecule has 0 aromatic carbocycles. The van der Waals surface area contributed by atoms with Crippen molar-refractivity contribution in [3.8, 4) is 0 Å². The summed E-state index contributed by atoms with van der Waals surface area (Å²) in [4.78, 5) is 13.6. The first-order valence-electron chi connectivity index (χ1n) is 6.01. The monoisotopic (exact) mass is 215 g/mol. The first-order valence-corrected chi connectivity index (χ1v) is 6.01. The van der Waals surface area contributed by atoms with E-state index in [4.69, 9.17) is 4.74 Å². The third-order valence-corrected chi connectivity index (χ3v) is 2.33. The van der Waals surface area contributed by atoms with Crippen LogP contribution < -0.4 is 0 Å². The van der Waals surface area contributed by atoms with Crippen molar-refractivity contribution in [2.24, 2.45) is 0 Å². The highest BCUT2D eigenvalue weighted by Gasteiger charge is 2.13. The molecule has 0 fully saturated rings. The average molecular weight is 215 g/mol. The number of carbonyl (C=O) groups is 1. The number of nitrogens with zero attached hydrogens (tertiary/aromatic N) is 1. The fourth-order valence-corrected chi connectivity index (χ4v) is 1.35. The van der Waals surface area contributed by atoms with Gasteiger partial charge in [0.25, 0.3) is 0 Å². The predicted octanol–water partition coefficient (Wildman–Crippen LogP) is 2.45. The van der Waals surface area contributed by atoms with E-state index >= 15 is 0 Å². The molecule has 0 bridgehead atoms. The summed E-state index contributed by atoms with van der Waals surface area (Å²) >= 11 is 0. The molecule has 0 aliphatic carbocycles. The summed E-state index contributed by atoms with van der Waals surface area (Å²) in [6.45, 7) is 10.4. The summed E-state index contributed by atoms with van der Waals surface area (Å²) in [6.07, 6.45) is 3.09. The lowest BCUT2D eigenvalue weighted by Gasteiger charge is -2.24. The fraction of sp³-hybridized carbons (Fsp3) is 0.917. The van der Waals surface area contributed by atoms with Crippen molar-refractivity contribution in [1.29, 1.82) is 0 Å². The van der Waals surface area contributed by atoms with E-state index in [0.29, 0.717) is 19.2 Å². The lowest BCUT2D eigenvalue weighted by atomic mass is 10.3. The molecule has 0 saturated carbocycles. The fourth-order valence-electron chi connectivity index (χ4n) is 1.35. The van der Waals surface area contributed by atoms with Crippen LogP contribution in [0.2, 0.25) is 0 Å². The molecule has 15 heavy (non-hydrogen) atoms. The number of unbranched alkanes of at least 4 members (excludes halogenated alkanes) is 1. The van der Waals surface area contributed by atoms with E-state index in [1.807, 2.05) is 0 Å². The van der Waals surface area contributed by atoms with Crippen molar-refractivity contribution in [1.82, 2.24) is 4.90 Å². The highest BCUT2D eigenvalue weighted by atomic mass is 16.5. The molecule has 0 atom stereocenters. The normalized spacial score (nSPS) is 11.1. The van der Waals surface area contributed by atoms with Crippen LogP contribution in [0.15, 0.2) is 0 Å². The summed E-state index contributed by atoms with van der Waals surface area (Å²) in [5, 5.41) is 0. The van der Waals surface area contributed by atoms with Crippen LogP contribution in [0.3, 0.4) is 0 Å². The van der Waals surface area contributed by atoms with Gasteiger partial charge in [0.1, 0.15) is 0 Å². The summed E-state index contributed by atoms with van der Waals surface area (Å²) < 4.78 is 5.13. The van der Waals surface area contributed by atoms with Crippen LogP contribution >= 0.6 is 0 Å². The zero-order valence-electron chi connectivity index (χ0n) is 10.6. The first-order chi connectivity index (χ1) is 7.11. The maximum Gasteiger partial charge on any atom is 0.320 e. The molecule has 3 nitrogen and oxygen atoms in total. The summed E-state index contributed by atoms with van der Waals surface area (Å²) in [5.74, 6) is -0.0920. The van der Waals surface area contributed by atoms with Crippen LogP contribution in [0.1, 0.15) is 47.0 Å². The van der Waals surface area contributed by atoms with E-state index in [0.717, 1.165) is 25.8 Å². The summed E-state index contributed by atoms with van der Waals surface area (Å²) in [7, 11) is 0. The van der Waals surface area contributed by atoms with Crippen LogP contribution in [0.5, 0.6) is 0 Å². The molecule has 0 aliphatic rings. The molecule has 0 N–H and O–H groups in total. The van der Waals surface area contributed by atoms with Crippen molar-refractivity contribution in [3.63, 3.8) is 0 Å². The Bertz CT molecular complexity index is 169. The lowest BCUT2D eigenvalue weighted by molar-refractivity contribution is -0.145. The second kappa shape index (κ2) is 8.72. The second-order valence-electron chi connectivity index (χ2n) is 4.14. The number of esters is 1. The van der Waals surface area contributed by atoms with Gasteiger partial charge in [-0.1, -0.05) is 20.3 Å². The van der Waals surface area contributed by atoms with Crippen LogP contribution in [-0.4, -0.2) is 36.6 Å². The number of ether oxygens (including phenoxy) is 1. The molecule has 0 aromatic heterocycles. The first kappa shape index (κ1) is 14.4. The Morgan fingerprint density at radius 2 is 1.93 bits per heavy atom. The quantitative estimate of drug-likeness (QED) is 0.460. The van der Waals surface area contributed by atoms with Crippen molar-refractivity contribution >= 4 is 5.97 Å². The number of carbonyl (C=O) groups excluding carboxylic acids is 1. The molecule has 0 radical (unpaired) electrons. The van der Waals surface area contributed by atoms with E-state index in [2.05, 4.69) is 32.6 Å². The molecular formula is C12H25NO2. The summed E-state index contributed by atoms with van der Waals surface area (Å²) in [6, 6.07) is 0.406. The zero-order valence-corrected chi connectivity index (χ0v) is 10.6. The van der Waals surface area contributed by atoms with Gasteiger partial charge < -0.3 is 4.74 Å². The average Bonchev–Trinajstić information content (AvgIpc) is 2.17. The molecule has 0 spiro atoms. The molecule has 0 heterocycles. The smallest absolute Gasteiger partial charge is 0.320 e. The second-order valence-corrected chi connectivity index (χ2v) is 4.14. The minimum Gasteiger partial charge on any atom is -0.465 e. The Morgan fingerprint density at radius 3 is 2.40 bits per heavy atom. The molecule has 0 unspecified atom stereocenters. The number of rotatable bonds is 8. The molecule has 0 aliphatic heterocycles. The van der Waals surface area contributed by atoms with Crippen LogP contribution in [0.4, 0.5) is 0 Å². The van der Waals surface area contributed by atoms with Gasteiger partial charge in [0.15, 0.2) is 0 Å². The van der Waals surface area contributed by atoms with Gasteiger partial charge in [-0.15, -0.1) is 0 Å². The zero-order chi connectivity index (χ0) is 11.7. The van der Waals surface area contributed by atoms with Crippen molar-refractivity contribution in [3.05, 3.63) is 0 Å². The molecule has 90 valence electrons. The van der Waals surface area contributed by atoms with Gasteiger partial charge in [0, 0.05) is 6.04 Å². The van der Waals surface area contributed by atoms with Crippen LogP contribution in [0, 0.1) is 0 Å². The Hall–Kier alpha value is -0.570. The molecule has 3 heteroatoms. The largest absolute Gasteiger partial charge is 0.465 e. The maximum absolute atomic E-state index is 11.4. The van der Waals surface area contributed by atoms with E-state index in [9.17, 15) is 4.79 Å². The lowest BCUT2D eigenvalue weighted by Crippen LogP contribution is -2.37. The Balaban J connectivity index is 3.78. The molecule has 0 saturated heterocycles. The topological polar surface area (TPSA) is 29.5 Å². The minimum absolute atomic E-state index is 0.0920. The van der Waals surface area contributed by atoms with Crippen molar-refractivity contribution in [2.45, 2.75) is 53.0 Å². The SMILES string of the molecule is CCCCOC(=O)CN(CCC)C(C)C. The maximum atomic E-state index is 11.4. The molecule has 0 aromatic rings. The highest BCUT2D eigenvalue weighted by Crippen LogP contribution is 2.00. The van der Waals surface area contributed by atoms with Gasteiger partial charge in [-0.05, 0) is 33.2 Å². The third-order valence-electron chi connectivity index (χ3n) is 2.33. The van der Waals surface area contributed by atoms with E-state index in [1.165, 1.54) is 0 Å². The standard InChI is InChI=1S/C12H25NO2/c1-5-7-9-15-12(14)10-13(8-6-2)11(3)4/h11H,5-10H2,1-4H3. The van der Waals surface area contributed by atoms with Crippen LogP contribution in [0.25, 0.3) is 0 Å². The van der Waals surface area contributed by atoms with Crippen LogP contribution in [-0.2, 0) is 9.53 Å². The number of hydrogen-bond donors (Lipinski definition) is 0. The Labute approximate surface area is 93.8 Å². The minimum atomic E-state index is -0.0920. The van der Waals surface area contributed by atoms with E-state index in [1.54, 1.807) is 0 Å². The number of hydrogen-bond acceptors (Lipinski definition) is 3. The molecular weight excluding hydrogens is 190 g/mol. The van der Waals surface area contributed by atoms with E-state index in [-0.39, 0.29) is 5.97 Å². The van der Waals surface area contributed by atoms with Gasteiger partial charge in [-0.25, -0.2) is 0 Å². The Morgan fingerprint density at radius 1 is 1.27 bits per heavy atom. The Kier molecular flexibility index (Phi) is 8.38. The van der Waals surface area contributed by atoms with Gasteiger partial charge in [-0.3, -0.25) is 9.69 Å². The van der Waals surface area contributed by atoms with Gasteiger partial charge in [0.2, 0.25) is 0 Å². The molecule has 0 amide bonds.